The van der Waals surface area contributed by atoms with Crippen molar-refractivity contribution in [1.82, 2.24) is 0 Å². The van der Waals surface area contributed by atoms with Crippen LogP contribution >= 0.6 is 0 Å². The van der Waals surface area contributed by atoms with Gasteiger partial charge in [0.25, 0.3) is 0 Å². The maximum atomic E-state index is 6.18. The quantitative estimate of drug-likeness (QED) is 0.483. The molecule has 0 heterocycles. The number of methoxy groups -OCH3 is 1. The highest BCUT2D eigenvalue weighted by atomic mass is 28.4. The number of ether oxygens (including phenoxy) is 2. The van der Waals surface area contributed by atoms with Crippen LogP contribution < -0.4 is 0 Å². The Morgan fingerprint density at radius 3 is 2.48 bits per heavy atom. The minimum atomic E-state index is -1.51. The van der Waals surface area contributed by atoms with Crippen LogP contribution in [0.3, 0.4) is 0 Å². The summed E-state index contributed by atoms with van der Waals surface area (Å²) in [5.74, 6) is 0. The van der Waals surface area contributed by atoms with Crippen molar-refractivity contribution >= 4 is 17.4 Å². The average molecular weight is 326 g/mol. The molecule has 0 saturated heterocycles. The van der Waals surface area contributed by atoms with Crippen molar-refractivity contribution in [1.29, 1.82) is 0 Å². The van der Waals surface area contributed by atoms with Crippen LogP contribution in [0.5, 0.6) is 0 Å². The third-order valence-electron chi connectivity index (χ3n) is 3.19. The minimum Gasteiger partial charge on any atom is -0.456 e. The molecule has 0 saturated carbocycles. The molecule has 5 heteroatoms. The van der Waals surface area contributed by atoms with E-state index in [4.69, 9.17) is 13.6 Å². The molecule has 0 amide bonds. The lowest BCUT2D eigenvalue weighted by Gasteiger charge is -2.25. The molecule has 1 aromatic rings. The van der Waals surface area contributed by atoms with E-state index in [2.05, 4.69) is 50.5 Å². The molecule has 0 spiro atoms. The van der Waals surface area contributed by atoms with Gasteiger partial charge in [-0.1, -0.05) is 24.3 Å². The smallest absolute Gasteiger partial charge is 0.191 e. The van der Waals surface area contributed by atoms with Crippen LogP contribution in [0, 0.1) is 0 Å². The molecule has 0 unspecified atom stereocenters. The number of hydrogen-bond donors (Lipinski definition) is 0. The molecule has 119 valence electrons. The molecule has 0 atom stereocenters. The Kier molecular flexibility index (Phi) is 8.43. The van der Waals surface area contributed by atoms with Crippen molar-refractivity contribution in [2.24, 2.45) is 0 Å². The first kappa shape index (κ1) is 18.6. The molecule has 1 radical (unpaired) electrons. The van der Waals surface area contributed by atoms with Crippen LogP contribution in [0.4, 0.5) is 0 Å². The fourth-order valence-corrected chi connectivity index (χ4v) is 7.98. The Bertz CT molecular complexity index is 408. The molecule has 0 bridgehead atoms. The molecule has 0 fully saturated rings. The molecular formula is C16H29O3Si2. The Morgan fingerprint density at radius 2 is 1.81 bits per heavy atom. The summed E-state index contributed by atoms with van der Waals surface area (Å²) in [6, 6.07) is 9.87. The Morgan fingerprint density at radius 1 is 1.10 bits per heavy atom. The monoisotopic (exact) mass is 325 g/mol. The fourth-order valence-electron chi connectivity index (χ4n) is 2.26. The van der Waals surface area contributed by atoms with E-state index in [1.54, 1.807) is 7.11 Å². The summed E-state index contributed by atoms with van der Waals surface area (Å²) in [6.07, 6.45) is 1.10. The maximum Gasteiger partial charge on any atom is 0.191 e. The highest BCUT2D eigenvalue weighted by Gasteiger charge is 2.23. The van der Waals surface area contributed by atoms with Crippen LogP contribution in [-0.4, -0.2) is 37.7 Å². The number of rotatable bonds is 10. The third kappa shape index (κ3) is 8.53. The zero-order chi connectivity index (χ0) is 15.7. The van der Waals surface area contributed by atoms with Crippen LogP contribution in [0.15, 0.2) is 24.3 Å². The first-order valence-electron chi connectivity index (χ1n) is 7.56. The van der Waals surface area contributed by atoms with Crippen LogP contribution in [0.2, 0.25) is 32.2 Å². The summed E-state index contributed by atoms with van der Waals surface area (Å²) in [5, 5.41) is 0. The van der Waals surface area contributed by atoms with Crippen molar-refractivity contribution in [3.63, 3.8) is 0 Å². The summed E-state index contributed by atoms with van der Waals surface area (Å²) in [4.78, 5) is 0. The number of benzene rings is 1. The van der Waals surface area contributed by atoms with Crippen LogP contribution in [-0.2, 0) is 26.6 Å². The van der Waals surface area contributed by atoms with Gasteiger partial charge in [-0.05, 0) is 49.8 Å². The van der Waals surface area contributed by atoms with Gasteiger partial charge in [0.1, 0.15) is 0 Å². The van der Waals surface area contributed by atoms with Gasteiger partial charge < -0.3 is 13.6 Å². The van der Waals surface area contributed by atoms with Crippen molar-refractivity contribution in [2.45, 2.75) is 45.3 Å². The molecule has 0 aliphatic rings. The summed E-state index contributed by atoms with van der Waals surface area (Å²) in [5.41, 5.74) is 2.62. The molecule has 21 heavy (non-hydrogen) atoms. The van der Waals surface area contributed by atoms with Crippen molar-refractivity contribution in [3.8, 4) is 0 Å². The van der Waals surface area contributed by atoms with Crippen LogP contribution in [0.1, 0.15) is 11.1 Å². The third-order valence-corrected chi connectivity index (χ3v) is 8.49. The van der Waals surface area contributed by atoms with Gasteiger partial charge in [-0.3, -0.25) is 0 Å². The van der Waals surface area contributed by atoms with E-state index in [9.17, 15) is 0 Å². The van der Waals surface area contributed by atoms with E-state index in [0.717, 1.165) is 6.42 Å². The summed E-state index contributed by atoms with van der Waals surface area (Å²) in [7, 11) is -0.404. The predicted molar refractivity (Wildman–Crippen MR) is 92.5 cm³/mol. The van der Waals surface area contributed by atoms with Gasteiger partial charge in [0.2, 0.25) is 0 Å². The summed E-state index contributed by atoms with van der Waals surface area (Å²) >= 11 is 0. The normalized spacial score (nSPS) is 12.1. The average Bonchev–Trinajstić information content (AvgIpc) is 2.41. The zero-order valence-electron chi connectivity index (χ0n) is 14.1. The highest BCUT2D eigenvalue weighted by molar-refractivity contribution is 6.77. The number of hydrogen-bond acceptors (Lipinski definition) is 3. The van der Waals surface area contributed by atoms with E-state index in [1.807, 2.05) is 0 Å². The van der Waals surface area contributed by atoms with Gasteiger partial charge in [-0.2, -0.15) is 0 Å². The second kappa shape index (κ2) is 9.53. The number of aryl methyl sites for hydroxylation is 1. The van der Waals surface area contributed by atoms with Gasteiger partial charge in [-0.15, -0.1) is 0 Å². The lowest BCUT2D eigenvalue weighted by Crippen LogP contribution is -2.35. The summed E-state index contributed by atoms with van der Waals surface area (Å²) < 4.78 is 16.7. The van der Waals surface area contributed by atoms with Gasteiger partial charge in [0.05, 0.1) is 19.8 Å². The van der Waals surface area contributed by atoms with E-state index in [0.29, 0.717) is 19.8 Å². The topological polar surface area (TPSA) is 27.7 Å². The Balaban J connectivity index is 2.45. The second-order valence-electron chi connectivity index (χ2n) is 6.14. The molecule has 1 rings (SSSR count). The first-order chi connectivity index (χ1) is 9.93. The van der Waals surface area contributed by atoms with E-state index >= 15 is 0 Å². The van der Waals surface area contributed by atoms with Gasteiger partial charge in [-0.25, -0.2) is 0 Å². The molecule has 0 N–H and O–H groups in total. The molecule has 0 aliphatic carbocycles. The second-order valence-corrected chi connectivity index (χ2v) is 12.8. The van der Waals surface area contributed by atoms with Gasteiger partial charge in [0.15, 0.2) is 17.4 Å². The van der Waals surface area contributed by atoms with Crippen molar-refractivity contribution < 1.29 is 13.6 Å². The predicted octanol–water partition coefficient (Wildman–Crippen LogP) is 3.86. The largest absolute Gasteiger partial charge is 0.456 e. The van der Waals surface area contributed by atoms with Crippen molar-refractivity contribution in [3.05, 3.63) is 35.4 Å². The SMILES string of the molecule is COCCOCc1cccc(CC[Si](C)(C)O[Si](C)C)c1. The zero-order valence-corrected chi connectivity index (χ0v) is 16.1. The van der Waals surface area contributed by atoms with Crippen LogP contribution in [0.25, 0.3) is 0 Å². The minimum absolute atomic E-state index is 0.590. The molecule has 0 aliphatic heterocycles. The standard InChI is InChI=1S/C16H29O3Si2/c1-17-10-11-18-14-16-8-6-7-15(13-16)9-12-21(4,5)19-20(2)3/h6-8,13H,9-12,14H2,1-5H3. The highest BCUT2D eigenvalue weighted by Crippen LogP contribution is 2.17. The Labute approximate surface area is 132 Å². The van der Waals surface area contributed by atoms with E-state index < -0.39 is 17.4 Å². The molecular weight excluding hydrogens is 296 g/mol. The molecule has 3 nitrogen and oxygen atoms in total. The van der Waals surface area contributed by atoms with E-state index in [-0.39, 0.29) is 0 Å². The Hall–Kier alpha value is -0.466. The maximum absolute atomic E-state index is 6.18. The molecule has 1 aromatic carbocycles. The first-order valence-corrected chi connectivity index (χ1v) is 13.1. The lowest BCUT2D eigenvalue weighted by atomic mass is 10.1. The van der Waals surface area contributed by atoms with Gasteiger partial charge in [0, 0.05) is 7.11 Å². The van der Waals surface area contributed by atoms with Gasteiger partial charge >= 0.3 is 0 Å². The van der Waals surface area contributed by atoms with Crippen molar-refractivity contribution in [2.75, 3.05) is 20.3 Å². The van der Waals surface area contributed by atoms with E-state index in [1.165, 1.54) is 17.2 Å². The summed E-state index contributed by atoms with van der Waals surface area (Å²) in [6.45, 7) is 11.0. The fraction of sp³-hybridized carbons (Fsp3) is 0.625. The lowest BCUT2D eigenvalue weighted by molar-refractivity contribution is 0.0616. The molecule has 0 aromatic heterocycles.